The van der Waals surface area contributed by atoms with Crippen LogP contribution >= 0.6 is 0 Å². The minimum absolute atomic E-state index is 0.271. The number of hydrogen-bond acceptors (Lipinski definition) is 8. The maximum absolute atomic E-state index is 15.0. The van der Waals surface area contributed by atoms with Gasteiger partial charge in [-0.05, 0) is 25.0 Å². The number of nitriles is 1. The van der Waals surface area contributed by atoms with Crippen molar-refractivity contribution < 1.29 is 8.91 Å². The van der Waals surface area contributed by atoms with E-state index in [-0.39, 0.29) is 5.92 Å². The summed E-state index contributed by atoms with van der Waals surface area (Å²) >= 11 is 0. The van der Waals surface area contributed by atoms with Gasteiger partial charge in [0.05, 0.1) is 11.9 Å². The predicted molar refractivity (Wildman–Crippen MR) is 99.1 cm³/mol. The Hall–Kier alpha value is -3.74. The quantitative estimate of drug-likeness (QED) is 0.485. The van der Waals surface area contributed by atoms with Crippen molar-refractivity contribution in [1.29, 1.82) is 5.26 Å². The highest BCUT2D eigenvalue weighted by Gasteiger charge is 2.42. The Kier molecular flexibility index (Phi) is 3.29. The first-order valence-electron chi connectivity index (χ1n) is 9.48. The molecule has 10 heteroatoms. The first kappa shape index (κ1) is 16.2. The van der Waals surface area contributed by atoms with E-state index in [1.54, 1.807) is 10.6 Å². The fourth-order valence-corrected chi connectivity index (χ4v) is 4.32. The lowest BCUT2D eigenvalue weighted by Crippen LogP contribution is -2.36. The molecule has 1 atom stereocenters. The van der Waals surface area contributed by atoms with Gasteiger partial charge in [-0.2, -0.15) is 14.6 Å². The summed E-state index contributed by atoms with van der Waals surface area (Å²) < 4.78 is 22.2. The third kappa shape index (κ3) is 2.18. The van der Waals surface area contributed by atoms with E-state index in [2.05, 4.69) is 20.3 Å². The summed E-state index contributed by atoms with van der Waals surface area (Å²) in [5, 5.41) is 22.0. The molecule has 4 heterocycles. The molecule has 9 nitrogen and oxygen atoms in total. The standard InChI is InChI=1S/C19H15FN8O/c20-19-26(10-21)9-14-27(19)13-8-4-3-7-12(13)16-23-24-17(28(14)16)15-22-18(29-25-15)11-5-1-2-6-11/h3-4,7-9,11,19H,1-2,5-6H2. The molecule has 0 radical (unpaired) electrons. The lowest BCUT2D eigenvalue weighted by atomic mass is 10.1. The molecule has 6 rings (SSSR count). The molecule has 1 fully saturated rings. The summed E-state index contributed by atoms with van der Waals surface area (Å²) in [7, 11) is 0. The normalized spacial score (nSPS) is 20.3. The number of hydrogen-bond donors (Lipinski definition) is 0. The first-order valence-corrected chi connectivity index (χ1v) is 9.48. The van der Waals surface area contributed by atoms with Crippen molar-refractivity contribution >= 4 is 11.5 Å². The van der Waals surface area contributed by atoms with E-state index < -0.39 is 6.42 Å². The number of nitrogens with zero attached hydrogens (tertiary/aromatic N) is 8. The molecule has 0 N–H and O–H groups in total. The van der Waals surface area contributed by atoms with E-state index in [1.165, 1.54) is 11.1 Å². The van der Waals surface area contributed by atoms with Crippen LogP contribution in [0.1, 0.15) is 37.5 Å². The van der Waals surface area contributed by atoms with Crippen LogP contribution in [0.5, 0.6) is 0 Å². The molecule has 3 aliphatic rings. The topological polar surface area (TPSA) is 99.9 Å². The van der Waals surface area contributed by atoms with Gasteiger partial charge in [-0.25, -0.2) is 4.90 Å². The van der Waals surface area contributed by atoms with Crippen LogP contribution in [0.2, 0.25) is 0 Å². The molecule has 3 aromatic rings. The van der Waals surface area contributed by atoms with Crippen LogP contribution in [-0.4, -0.2) is 36.2 Å². The SMILES string of the molecule is N#CN1C=C2N(c3ccccc3-c3nnc(-c4noc(C5CCCC5)n4)n32)C1F. The maximum atomic E-state index is 15.0. The molecule has 0 bridgehead atoms. The Morgan fingerprint density at radius 3 is 2.76 bits per heavy atom. The number of aromatic nitrogens is 5. The Morgan fingerprint density at radius 2 is 1.93 bits per heavy atom. The van der Waals surface area contributed by atoms with Gasteiger partial charge in [0.1, 0.15) is 5.82 Å². The van der Waals surface area contributed by atoms with E-state index >= 15 is 4.39 Å². The van der Waals surface area contributed by atoms with Gasteiger partial charge in [0, 0.05) is 11.5 Å². The zero-order chi connectivity index (χ0) is 19.5. The highest BCUT2D eigenvalue weighted by Crippen LogP contribution is 2.45. The van der Waals surface area contributed by atoms with Crippen LogP contribution in [0.3, 0.4) is 0 Å². The summed E-state index contributed by atoms with van der Waals surface area (Å²) in [6.45, 7) is 0. The second kappa shape index (κ2) is 5.88. The molecule has 1 saturated carbocycles. The molecule has 0 saturated heterocycles. The maximum Gasteiger partial charge on any atom is 0.267 e. The van der Waals surface area contributed by atoms with Crippen molar-refractivity contribution in [2.75, 3.05) is 4.90 Å². The number of alkyl halides is 1. The largest absolute Gasteiger partial charge is 0.339 e. The van der Waals surface area contributed by atoms with Crippen LogP contribution in [-0.2, 0) is 0 Å². The Bertz CT molecular complexity index is 1190. The van der Waals surface area contributed by atoms with Gasteiger partial charge in [-0.1, -0.05) is 30.1 Å². The molecule has 2 aliphatic heterocycles. The second-order valence-electron chi connectivity index (χ2n) is 7.31. The molecular weight excluding hydrogens is 375 g/mol. The zero-order valence-electron chi connectivity index (χ0n) is 15.2. The van der Waals surface area contributed by atoms with Crippen molar-refractivity contribution in [1.82, 2.24) is 29.8 Å². The average molecular weight is 390 g/mol. The van der Waals surface area contributed by atoms with Crippen molar-refractivity contribution in [3.63, 3.8) is 0 Å². The highest BCUT2D eigenvalue weighted by molar-refractivity contribution is 5.90. The highest BCUT2D eigenvalue weighted by atomic mass is 19.1. The molecule has 0 amide bonds. The fourth-order valence-electron chi connectivity index (χ4n) is 4.32. The molecule has 1 aliphatic carbocycles. The summed E-state index contributed by atoms with van der Waals surface area (Å²) in [5.74, 6) is 2.50. The van der Waals surface area contributed by atoms with Gasteiger partial charge < -0.3 is 4.52 Å². The van der Waals surface area contributed by atoms with E-state index in [0.717, 1.165) is 30.6 Å². The van der Waals surface area contributed by atoms with Crippen LogP contribution in [0.25, 0.3) is 28.9 Å². The molecule has 1 aromatic carbocycles. The minimum Gasteiger partial charge on any atom is -0.339 e. The molecule has 2 aromatic heterocycles. The third-order valence-corrected chi connectivity index (χ3v) is 5.70. The van der Waals surface area contributed by atoms with Gasteiger partial charge in [0.25, 0.3) is 6.42 Å². The van der Waals surface area contributed by atoms with Gasteiger partial charge in [-0.3, -0.25) is 9.47 Å². The van der Waals surface area contributed by atoms with Gasteiger partial charge in [-0.15, -0.1) is 10.2 Å². The minimum atomic E-state index is -1.65. The Balaban J connectivity index is 1.53. The van der Waals surface area contributed by atoms with Crippen LogP contribution in [0.4, 0.5) is 10.1 Å². The lowest BCUT2D eigenvalue weighted by molar-refractivity contribution is 0.209. The number of para-hydroxylation sites is 1. The third-order valence-electron chi connectivity index (χ3n) is 5.70. The molecule has 1 unspecified atom stereocenters. The monoisotopic (exact) mass is 390 g/mol. The first-order chi connectivity index (χ1) is 14.3. The Labute approximate surface area is 164 Å². The summed E-state index contributed by atoms with van der Waals surface area (Å²) in [6.07, 6.45) is 6.03. The molecule has 144 valence electrons. The fraction of sp³-hybridized carbons (Fsp3) is 0.316. The summed E-state index contributed by atoms with van der Waals surface area (Å²) in [4.78, 5) is 6.94. The van der Waals surface area contributed by atoms with Gasteiger partial charge in [0.15, 0.2) is 12.0 Å². The summed E-state index contributed by atoms with van der Waals surface area (Å²) in [6, 6.07) is 7.31. The predicted octanol–water partition coefficient (Wildman–Crippen LogP) is 3.28. The second-order valence-corrected chi connectivity index (χ2v) is 7.31. The molecule has 29 heavy (non-hydrogen) atoms. The van der Waals surface area contributed by atoms with E-state index in [9.17, 15) is 5.26 Å². The van der Waals surface area contributed by atoms with Gasteiger partial charge >= 0.3 is 0 Å². The summed E-state index contributed by atoms with van der Waals surface area (Å²) in [5.41, 5.74) is 1.33. The number of rotatable bonds is 2. The van der Waals surface area contributed by atoms with Crippen molar-refractivity contribution in [3.8, 4) is 29.2 Å². The van der Waals surface area contributed by atoms with Crippen LogP contribution in [0.15, 0.2) is 35.0 Å². The van der Waals surface area contributed by atoms with E-state index in [4.69, 9.17) is 4.52 Å². The number of anilines is 1. The van der Waals surface area contributed by atoms with E-state index in [1.807, 2.05) is 24.4 Å². The van der Waals surface area contributed by atoms with Crippen LogP contribution in [0, 0.1) is 11.5 Å². The number of halogens is 1. The van der Waals surface area contributed by atoms with Crippen LogP contribution < -0.4 is 4.90 Å². The van der Waals surface area contributed by atoms with Gasteiger partial charge in [0.2, 0.25) is 17.5 Å². The lowest BCUT2D eigenvalue weighted by Gasteiger charge is -2.31. The number of benzene rings is 1. The van der Waals surface area contributed by atoms with Crippen molar-refractivity contribution in [3.05, 3.63) is 36.4 Å². The zero-order valence-corrected chi connectivity index (χ0v) is 15.2. The van der Waals surface area contributed by atoms with Crippen molar-refractivity contribution in [2.45, 2.75) is 38.0 Å². The average Bonchev–Trinajstić information content (AvgIpc) is 3.52. The molecular formula is C19H15FN8O. The smallest absolute Gasteiger partial charge is 0.267 e. The van der Waals surface area contributed by atoms with E-state index in [0.29, 0.717) is 40.4 Å². The molecule has 0 spiro atoms. The number of fused-ring (bicyclic) bond motifs is 6. The Morgan fingerprint density at radius 1 is 1.14 bits per heavy atom. The van der Waals surface area contributed by atoms with Crippen molar-refractivity contribution in [2.24, 2.45) is 0 Å².